The molecular formula is C17H18FNO4S. The molecule has 0 radical (unpaired) electrons. The lowest BCUT2D eigenvalue weighted by Gasteiger charge is -2.08. The molecular weight excluding hydrogens is 333 g/mol. The van der Waals surface area contributed by atoms with Gasteiger partial charge in [0.2, 0.25) is 5.91 Å². The van der Waals surface area contributed by atoms with Crippen LogP contribution < -0.4 is 10.1 Å². The molecule has 7 heteroatoms. The van der Waals surface area contributed by atoms with Crippen molar-refractivity contribution in [2.24, 2.45) is 0 Å². The molecule has 0 fully saturated rings. The van der Waals surface area contributed by atoms with Crippen LogP contribution >= 0.6 is 0 Å². The molecule has 1 N–H and O–H groups in total. The number of carbonyl (C=O) groups is 1. The topological polar surface area (TPSA) is 72.5 Å². The van der Waals surface area contributed by atoms with Gasteiger partial charge in [0.25, 0.3) is 0 Å². The zero-order valence-electron chi connectivity index (χ0n) is 12.9. The van der Waals surface area contributed by atoms with Gasteiger partial charge in [0, 0.05) is 0 Å². The molecule has 24 heavy (non-hydrogen) atoms. The van der Waals surface area contributed by atoms with Crippen molar-refractivity contribution in [1.82, 2.24) is 5.32 Å². The van der Waals surface area contributed by atoms with Crippen LogP contribution in [0.15, 0.2) is 54.6 Å². The van der Waals surface area contributed by atoms with Gasteiger partial charge in [-0.05, 0) is 29.8 Å². The van der Waals surface area contributed by atoms with E-state index in [0.29, 0.717) is 11.3 Å². The lowest BCUT2D eigenvalue weighted by atomic mass is 10.2. The first kappa shape index (κ1) is 17.9. The minimum absolute atomic E-state index is 0.198. The molecule has 2 aromatic carbocycles. The molecule has 2 aromatic rings. The maximum absolute atomic E-state index is 13.1. The first-order valence-electron chi connectivity index (χ1n) is 7.34. The van der Waals surface area contributed by atoms with E-state index in [0.717, 1.165) is 6.07 Å². The van der Waals surface area contributed by atoms with Crippen molar-refractivity contribution in [3.8, 4) is 5.75 Å². The van der Waals surface area contributed by atoms with Crippen molar-refractivity contribution in [3.05, 3.63) is 66.0 Å². The first-order chi connectivity index (χ1) is 11.4. The Balaban J connectivity index is 1.74. The Hall–Kier alpha value is -2.41. The number of ether oxygens (including phenoxy) is 1. The smallest absolute Gasteiger partial charge is 0.235 e. The van der Waals surface area contributed by atoms with Gasteiger partial charge in [-0.3, -0.25) is 4.79 Å². The van der Waals surface area contributed by atoms with Gasteiger partial charge in [-0.15, -0.1) is 0 Å². The molecule has 0 aliphatic carbocycles. The number of sulfone groups is 1. The number of para-hydroxylation sites is 1. The predicted molar refractivity (Wildman–Crippen MR) is 88.8 cm³/mol. The molecule has 0 aliphatic heterocycles. The minimum Gasteiger partial charge on any atom is -0.492 e. The molecule has 0 atom stereocenters. The van der Waals surface area contributed by atoms with E-state index in [4.69, 9.17) is 4.74 Å². The molecule has 128 valence electrons. The summed E-state index contributed by atoms with van der Waals surface area (Å²) in [5.74, 6) is -1.47. The Morgan fingerprint density at radius 1 is 1.08 bits per heavy atom. The Kier molecular flexibility index (Phi) is 6.31. The summed E-state index contributed by atoms with van der Waals surface area (Å²) in [6, 6.07) is 14.4. The lowest BCUT2D eigenvalue weighted by Crippen LogP contribution is -2.33. The monoisotopic (exact) mass is 351 g/mol. The van der Waals surface area contributed by atoms with Crippen LogP contribution in [0.2, 0.25) is 0 Å². The first-order valence-corrected chi connectivity index (χ1v) is 9.16. The van der Waals surface area contributed by atoms with Crippen molar-refractivity contribution < 1.29 is 22.3 Å². The standard InChI is InChI=1S/C17H18FNO4S/c18-15-6-4-5-14(11-15)12-24(21,22)13-17(20)19-9-10-23-16-7-2-1-3-8-16/h1-8,11H,9-10,12-13H2,(H,19,20). The van der Waals surface area contributed by atoms with Gasteiger partial charge in [0.15, 0.2) is 9.84 Å². The highest BCUT2D eigenvalue weighted by Crippen LogP contribution is 2.09. The number of halogens is 1. The van der Waals surface area contributed by atoms with Gasteiger partial charge in [0.05, 0.1) is 12.3 Å². The van der Waals surface area contributed by atoms with Gasteiger partial charge in [0.1, 0.15) is 23.9 Å². The average Bonchev–Trinajstić information content (AvgIpc) is 2.51. The third kappa shape index (κ3) is 6.37. The lowest BCUT2D eigenvalue weighted by molar-refractivity contribution is -0.118. The second kappa shape index (κ2) is 8.44. The number of amides is 1. The molecule has 0 unspecified atom stereocenters. The maximum atomic E-state index is 13.1. The molecule has 0 saturated carbocycles. The number of rotatable bonds is 8. The van der Waals surface area contributed by atoms with E-state index < -0.39 is 27.3 Å². The Bertz CT molecular complexity index is 778. The van der Waals surface area contributed by atoms with E-state index in [2.05, 4.69) is 5.32 Å². The highest BCUT2D eigenvalue weighted by atomic mass is 32.2. The highest BCUT2D eigenvalue weighted by Gasteiger charge is 2.17. The SMILES string of the molecule is O=C(CS(=O)(=O)Cc1cccc(F)c1)NCCOc1ccccc1. The van der Waals surface area contributed by atoms with Crippen LogP contribution in [0.25, 0.3) is 0 Å². The van der Waals surface area contributed by atoms with E-state index >= 15 is 0 Å². The van der Waals surface area contributed by atoms with Gasteiger partial charge in [-0.2, -0.15) is 0 Å². The number of hydrogen-bond acceptors (Lipinski definition) is 4. The molecule has 0 aliphatic rings. The van der Waals surface area contributed by atoms with E-state index in [9.17, 15) is 17.6 Å². The summed E-state index contributed by atoms with van der Waals surface area (Å²) in [4.78, 5) is 11.7. The molecule has 1 amide bonds. The average molecular weight is 351 g/mol. The van der Waals surface area contributed by atoms with Crippen LogP contribution in [0, 0.1) is 5.82 Å². The summed E-state index contributed by atoms with van der Waals surface area (Å²) in [6.07, 6.45) is 0. The summed E-state index contributed by atoms with van der Waals surface area (Å²) in [7, 11) is -3.66. The number of carbonyl (C=O) groups excluding carboxylic acids is 1. The predicted octanol–water partition coefficient (Wildman–Crippen LogP) is 1.94. The fourth-order valence-electron chi connectivity index (χ4n) is 2.06. The highest BCUT2D eigenvalue weighted by molar-refractivity contribution is 7.91. The van der Waals surface area contributed by atoms with Crippen molar-refractivity contribution >= 4 is 15.7 Å². The minimum atomic E-state index is -3.66. The summed E-state index contributed by atoms with van der Waals surface area (Å²) >= 11 is 0. The molecule has 2 rings (SSSR count). The fourth-order valence-corrected chi connectivity index (χ4v) is 3.35. The molecule has 5 nitrogen and oxygen atoms in total. The van der Waals surface area contributed by atoms with E-state index in [1.54, 1.807) is 12.1 Å². The van der Waals surface area contributed by atoms with Crippen LogP contribution in [0.5, 0.6) is 5.75 Å². The molecule has 0 spiro atoms. The normalized spacial score (nSPS) is 11.0. The zero-order valence-corrected chi connectivity index (χ0v) is 13.8. The van der Waals surface area contributed by atoms with Crippen LogP contribution in [0.1, 0.15) is 5.56 Å². The van der Waals surface area contributed by atoms with Gasteiger partial charge in [-0.1, -0.05) is 30.3 Å². The maximum Gasteiger partial charge on any atom is 0.235 e. The number of nitrogens with one attached hydrogen (secondary N) is 1. The second-order valence-electron chi connectivity index (χ2n) is 5.17. The quantitative estimate of drug-likeness (QED) is 0.738. The second-order valence-corrected chi connectivity index (χ2v) is 7.24. The third-order valence-electron chi connectivity index (χ3n) is 3.06. The van der Waals surface area contributed by atoms with Crippen LogP contribution in [-0.4, -0.2) is 33.2 Å². The van der Waals surface area contributed by atoms with Crippen LogP contribution in [0.4, 0.5) is 4.39 Å². The Morgan fingerprint density at radius 3 is 2.54 bits per heavy atom. The summed E-state index contributed by atoms with van der Waals surface area (Å²) in [6.45, 7) is 0.433. The number of benzene rings is 2. The van der Waals surface area contributed by atoms with Gasteiger partial charge < -0.3 is 10.1 Å². The van der Waals surface area contributed by atoms with Crippen molar-refractivity contribution in [2.45, 2.75) is 5.75 Å². The van der Waals surface area contributed by atoms with Crippen molar-refractivity contribution in [1.29, 1.82) is 0 Å². The molecule has 0 heterocycles. The zero-order chi connectivity index (χ0) is 17.4. The van der Waals surface area contributed by atoms with Crippen molar-refractivity contribution in [3.63, 3.8) is 0 Å². The van der Waals surface area contributed by atoms with Crippen LogP contribution in [0.3, 0.4) is 0 Å². The summed E-state index contributed by atoms with van der Waals surface area (Å²) in [5, 5.41) is 2.49. The van der Waals surface area contributed by atoms with Gasteiger partial charge in [-0.25, -0.2) is 12.8 Å². The van der Waals surface area contributed by atoms with Crippen LogP contribution in [-0.2, 0) is 20.4 Å². The summed E-state index contributed by atoms with van der Waals surface area (Å²) in [5.41, 5.74) is 0.315. The van der Waals surface area contributed by atoms with E-state index in [-0.39, 0.29) is 18.9 Å². The Morgan fingerprint density at radius 2 is 1.83 bits per heavy atom. The van der Waals surface area contributed by atoms with Gasteiger partial charge >= 0.3 is 0 Å². The molecule has 0 aromatic heterocycles. The molecule has 0 bridgehead atoms. The van der Waals surface area contributed by atoms with E-state index in [1.165, 1.54) is 18.2 Å². The fraction of sp³-hybridized carbons (Fsp3) is 0.235. The van der Waals surface area contributed by atoms with Crippen molar-refractivity contribution in [2.75, 3.05) is 18.9 Å². The molecule has 0 saturated heterocycles. The number of hydrogen-bond donors (Lipinski definition) is 1. The summed E-state index contributed by atoms with van der Waals surface area (Å²) < 4.78 is 42.4. The third-order valence-corrected chi connectivity index (χ3v) is 4.54. The Labute approximate surface area is 140 Å². The largest absolute Gasteiger partial charge is 0.492 e. The van der Waals surface area contributed by atoms with E-state index in [1.807, 2.05) is 18.2 Å².